The van der Waals surface area contributed by atoms with Crippen LogP contribution in [-0.4, -0.2) is 30.6 Å². The Kier molecular flexibility index (Phi) is 6.79. The summed E-state index contributed by atoms with van der Waals surface area (Å²) in [6.45, 7) is 6.59. The molecule has 1 aliphatic rings. The SMILES string of the molecule is CC(C)OC(=O)CC(NC(=O)[C@H]1CCN[C@@H](C)C1)c1ccccc1. The standard InChI is InChI=1S/C19H28N2O3/c1-13(2)24-18(22)12-17(15-7-5-4-6-8-15)21-19(23)16-9-10-20-14(3)11-16/h4-8,13-14,16-17,20H,9-12H2,1-3H3,(H,21,23)/t14-,16-,17?/m0/s1. The van der Waals surface area contributed by atoms with Crippen LogP contribution in [-0.2, 0) is 14.3 Å². The molecular formula is C19H28N2O3. The van der Waals surface area contributed by atoms with Gasteiger partial charge in [0.25, 0.3) is 0 Å². The highest BCUT2D eigenvalue weighted by atomic mass is 16.5. The zero-order valence-corrected chi connectivity index (χ0v) is 14.7. The van der Waals surface area contributed by atoms with E-state index in [2.05, 4.69) is 17.6 Å². The monoisotopic (exact) mass is 332 g/mol. The van der Waals surface area contributed by atoms with Gasteiger partial charge in [-0.2, -0.15) is 0 Å². The number of esters is 1. The van der Waals surface area contributed by atoms with Crippen LogP contribution in [0.5, 0.6) is 0 Å². The molecule has 0 aliphatic carbocycles. The van der Waals surface area contributed by atoms with E-state index in [4.69, 9.17) is 4.74 Å². The summed E-state index contributed by atoms with van der Waals surface area (Å²) in [5.74, 6) is -0.277. The van der Waals surface area contributed by atoms with E-state index in [1.165, 1.54) is 0 Å². The Morgan fingerprint density at radius 1 is 1.29 bits per heavy atom. The molecule has 2 rings (SSSR count). The van der Waals surface area contributed by atoms with Gasteiger partial charge in [0.2, 0.25) is 5.91 Å². The van der Waals surface area contributed by atoms with Gasteiger partial charge in [-0.05, 0) is 45.7 Å². The largest absolute Gasteiger partial charge is 0.463 e. The fraction of sp³-hybridized carbons (Fsp3) is 0.579. The predicted octanol–water partition coefficient (Wildman–Crippen LogP) is 2.57. The first-order valence-corrected chi connectivity index (χ1v) is 8.74. The molecule has 2 N–H and O–H groups in total. The van der Waals surface area contributed by atoms with E-state index in [-0.39, 0.29) is 36.4 Å². The van der Waals surface area contributed by atoms with Crippen molar-refractivity contribution in [3.8, 4) is 0 Å². The molecule has 5 nitrogen and oxygen atoms in total. The van der Waals surface area contributed by atoms with Crippen LogP contribution in [0, 0.1) is 5.92 Å². The Morgan fingerprint density at radius 3 is 2.62 bits per heavy atom. The van der Waals surface area contributed by atoms with Crippen molar-refractivity contribution in [3.63, 3.8) is 0 Å². The van der Waals surface area contributed by atoms with Crippen molar-refractivity contribution in [1.29, 1.82) is 0 Å². The van der Waals surface area contributed by atoms with Crippen molar-refractivity contribution in [1.82, 2.24) is 10.6 Å². The maximum atomic E-state index is 12.6. The number of amides is 1. The third-order valence-electron chi connectivity index (χ3n) is 4.25. The van der Waals surface area contributed by atoms with E-state index in [0.29, 0.717) is 6.04 Å². The Balaban J connectivity index is 2.05. The van der Waals surface area contributed by atoms with E-state index in [1.807, 2.05) is 44.2 Å². The summed E-state index contributed by atoms with van der Waals surface area (Å²) < 4.78 is 5.25. The van der Waals surface area contributed by atoms with Crippen LogP contribution in [0.15, 0.2) is 30.3 Å². The highest BCUT2D eigenvalue weighted by Crippen LogP contribution is 2.21. The molecule has 1 fully saturated rings. The fourth-order valence-corrected chi connectivity index (χ4v) is 3.07. The fourth-order valence-electron chi connectivity index (χ4n) is 3.07. The number of hydrogen-bond donors (Lipinski definition) is 2. The molecule has 5 heteroatoms. The summed E-state index contributed by atoms with van der Waals surface area (Å²) in [5.41, 5.74) is 0.925. The summed E-state index contributed by atoms with van der Waals surface area (Å²) in [6.07, 6.45) is 1.64. The van der Waals surface area contributed by atoms with Crippen molar-refractivity contribution in [2.24, 2.45) is 5.92 Å². The van der Waals surface area contributed by atoms with Crippen molar-refractivity contribution in [2.45, 2.75) is 58.2 Å². The number of carbonyl (C=O) groups excluding carboxylic acids is 2. The predicted molar refractivity (Wildman–Crippen MR) is 93.4 cm³/mol. The van der Waals surface area contributed by atoms with Crippen molar-refractivity contribution in [3.05, 3.63) is 35.9 Å². The number of benzene rings is 1. The first kappa shape index (κ1) is 18.5. The number of carbonyl (C=O) groups is 2. The number of piperidine rings is 1. The van der Waals surface area contributed by atoms with Crippen molar-refractivity contribution in [2.75, 3.05) is 6.54 Å². The summed E-state index contributed by atoms with van der Waals surface area (Å²) >= 11 is 0. The molecule has 1 saturated heterocycles. The molecule has 1 aromatic carbocycles. The highest BCUT2D eigenvalue weighted by Gasteiger charge is 2.28. The van der Waals surface area contributed by atoms with Crippen LogP contribution >= 0.6 is 0 Å². The number of hydrogen-bond acceptors (Lipinski definition) is 4. The average Bonchev–Trinajstić information content (AvgIpc) is 2.54. The van der Waals surface area contributed by atoms with E-state index in [1.54, 1.807) is 0 Å². The summed E-state index contributed by atoms with van der Waals surface area (Å²) in [7, 11) is 0. The van der Waals surface area contributed by atoms with Gasteiger partial charge in [-0.3, -0.25) is 9.59 Å². The molecule has 0 saturated carbocycles. The lowest BCUT2D eigenvalue weighted by Crippen LogP contribution is -2.43. The Morgan fingerprint density at radius 2 is 2.00 bits per heavy atom. The smallest absolute Gasteiger partial charge is 0.308 e. The molecule has 0 aromatic heterocycles. The summed E-state index contributed by atoms with van der Waals surface area (Å²) in [6, 6.07) is 9.59. The molecule has 0 spiro atoms. The zero-order valence-electron chi connectivity index (χ0n) is 14.7. The van der Waals surface area contributed by atoms with Gasteiger partial charge >= 0.3 is 5.97 Å². The van der Waals surface area contributed by atoms with E-state index in [9.17, 15) is 9.59 Å². The molecular weight excluding hydrogens is 304 g/mol. The second-order valence-corrected chi connectivity index (χ2v) is 6.79. The topological polar surface area (TPSA) is 67.4 Å². The van der Waals surface area contributed by atoms with Gasteiger partial charge in [0.15, 0.2) is 0 Å². The minimum absolute atomic E-state index is 0.00594. The number of rotatable bonds is 6. The molecule has 1 aliphatic heterocycles. The van der Waals surface area contributed by atoms with Crippen molar-refractivity contribution < 1.29 is 14.3 Å². The lowest BCUT2D eigenvalue weighted by Gasteiger charge is -2.29. The van der Waals surface area contributed by atoms with Gasteiger partial charge in [0, 0.05) is 12.0 Å². The van der Waals surface area contributed by atoms with Crippen LogP contribution in [0.25, 0.3) is 0 Å². The molecule has 3 atom stereocenters. The molecule has 0 radical (unpaired) electrons. The maximum Gasteiger partial charge on any atom is 0.308 e. The molecule has 0 bridgehead atoms. The minimum Gasteiger partial charge on any atom is -0.463 e. The van der Waals surface area contributed by atoms with Crippen LogP contribution in [0.1, 0.15) is 51.6 Å². The Bertz CT molecular complexity index is 545. The Hall–Kier alpha value is -1.88. The first-order chi connectivity index (χ1) is 11.5. The zero-order chi connectivity index (χ0) is 17.5. The summed E-state index contributed by atoms with van der Waals surface area (Å²) in [5, 5.41) is 6.41. The van der Waals surface area contributed by atoms with Gasteiger partial charge in [0.05, 0.1) is 18.6 Å². The van der Waals surface area contributed by atoms with Crippen LogP contribution in [0.2, 0.25) is 0 Å². The Labute approximate surface area is 144 Å². The van der Waals surface area contributed by atoms with E-state index < -0.39 is 0 Å². The third-order valence-corrected chi connectivity index (χ3v) is 4.25. The minimum atomic E-state index is -0.352. The second-order valence-electron chi connectivity index (χ2n) is 6.79. The third kappa shape index (κ3) is 5.64. The quantitative estimate of drug-likeness (QED) is 0.786. The number of ether oxygens (including phenoxy) is 1. The molecule has 24 heavy (non-hydrogen) atoms. The lowest BCUT2D eigenvalue weighted by molar-refractivity contribution is -0.148. The molecule has 1 heterocycles. The average molecular weight is 332 g/mol. The van der Waals surface area contributed by atoms with Crippen molar-refractivity contribution >= 4 is 11.9 Å². The van der Waals surface area contributed by atoms with E-state index >= 15 is 0 Å². The first-order valence-electron chi connectivity index (χ1n) is 8.74. The van der Waals surface area contributed by atoms with Gasteiger partial charge in [-0.1, -0.05) is 30.3 Å². The van der Waals surface area contributed by atoms with E-state index in [0.717, 1.165) is 24.9 Å². The second kappa shape index (κ2) is 8.83. The molecule has 1 aromatic rings. The van der Waals surface area contributed by atoms with Gasteiger partial charge < -0.3 is 15.4 Å². The summed E-state index contributed by atoms with van der Waals surface area (Å²) in [4.78, 5) is 24.7. The normalized spacial score (nSPS) is 22.0. The van der Waals surface area contributed by atoms with Crippen LogP contribution in [0.4, 0.5) is 0 Å². The molecule has 1 amide bonds. The highest BCUT2D eigenvalue weighted by molar-refractivity contribution is 5.80. The number of nitrogens with one attached hydrogen (secondary N) is 2. The van der Waals surface area contributed by atoms with Crippen LogP contribution in [0.3, 0.4) is 0 Å². The molecule has 1 unspecified atom stereocenters. The maximum absolute atomic E-state index is 12.6. The van der Waals surface area contributed by atoms with Crippen LogP contribution < -0.4 is 10.6 Å². The van der Waals surface area contributed by atoms with Gasteiger partial charge in [0.1, 0.15) is 0 Å². The van der Waals surface area contributed by atoms with Gasteiger partial charge in [-0.25, -0.2) is 0 Å². The van der Waals surface area contributed by atoms with Gasteiger partial charge in [-0.15, -0.1) is 0 Å². The molecule has 132 valence electrons. The lowest BCUT2D eigenvalue weighted by atomic mass is 9.91.